The Bertz CT molecular complexity index is 1210. The van der Waals surface area contributed by atoms with Gasteiger partial charge in [0.05, 0.1) is 28.8 Å². The Morgan fingerprint density at radius 1 is 1.37 bits per heavy atom. The average molecular weight is 436 g/mol. The first-order valence-electron chi connectivity index (χ1n) is 9.17. The second-order valence-corrected chi connectivity index (χ2v) is 8.71. The number of carbonyl (C=O) groups is 1. The van der Waals surface area contributed by atoms with Gasteiger partial charge in [-0.2, -0.15) is 5.26 Å². The molecule has 0 bridgehead atoms. The van der Waals surface area contributed by atoms with E-state index in [1.54, 1.807) is 29.5 Å². The average Bonchev–Trinajstić information content (AvgIpc) is 3.36. The fourth-order valence-corrected chi connectivity index (χ4v) is 4.19. The van der Waals surface area contributed by atoms with Crippen LogP contribution in [0.5, 0.6) is 5.75 Å². The number of hydrogen-bond donors (Lipinski definition) is 1. The number of thiophene rings is 1. The van der Waals surface area contributed by atoms with Gasteiger partial charge in [-0.3, -0.25) is 14.8 Å². The van der Waals surface area contributed by atoms with Crippen LogP contribution in [0.1, 0.15) is 30.0 Å². The van der Waals surface area contributed by atoms with Crippen LogP contribution in [0.25, 0.3) is 17.1 Å². The third-order valence-corrected chi connectivity index (χ3v) is 5.86. The highest BCUT2D eigenvalue weighted by atomic mass is 32.2. The van der Waals surface area contributed by atoms with Crippen LogP contribution >= 0.6 is 23.1 Å². The molecule has 9 heteroatoms. The summed E-state index contributed by atoms with van der Waals surface area (Å²) in [5.74, 6) is 0.189. The van der Waals surface area contributed by atoms with Crippen molar-refractivity contribution in [3.63, 3.8) is 0 Å². The maximum absolute atomic E-state index is 12.3. The van der Waals surface area contributed by atoms with Crippen LogP contribution in [0.15, 0.2) is 45.7 Å². The molecule has 0 unspecified atom stereocenters. The number of fused-ring (bicyclic) bond motifs is 1. The molecule has 150 valence electrons. The molecule has 1 N–H and O–H groups in total. The zero-order chi connectivity index (χ0) is 21.1. The van der Waals surface area contributed by atoms with E-state index >= 15 is 0 Å². The van der Waals surface area contributed by atoms with Crippen LogP contribution in [0.2, 0.25) is 0 Å². The highest BCUT2D eigenvalue weighted by Gasteiger charge is 2.24. The normalized spacial score (nSPS) is 16.4. The van der Waals surface area contributed by atoms with Crippen LogP contribution in [0, 0.1) is 11.3 Å². The molecule has 30 heavy (non-hydrogen) atoms. The Balaban J connectivity index is 1.64. The second-order valence-electron chi connectivity index (χ2n) is 6.65. The second kappa shape index (κ2) is 8.65. The molecule has 1 saturated heterocycles. The number of nitriles is 1. The van der Waals surface area contributed by atoms with E-state index < -0.39 is 0 Å². The quantitative estimate of drug-likeness (QED) is 0.606. The lowest BCUT2D eigenvalue weighted by atomic mass is 10.2. The minimum atomic E-state index is -0.214. The maximum Gasteiger partial charge on any atom is 0.264 e. The standard InChI is InChI=1S/C21H17N5O2S2/c1-12(2)28-19-13(9-22)10-23-16-6-5-14(25-18(16)19)8-17-20(27)26-21(30-17)24-11-15-4-3-7-29-15/h3-8,10,12H,11H2,1-2H3,(H,24,26,27). The molecule has 3 aromatic rings. The van der Waals surface area contributed by atoms with E-state index in [0.717, 1.165) is 4.88 Å². The van der Waals surface area contributed by atoms with Gasteiger partial charge < -0.3 is 10.1 Å². The van der Waals surface area contributed by atoms with E-state index in [4.69, 9.17) is 4.74 Å². The van der Waals surface area contributed by atoms with Gasteiger partial charge in [-0.1, -0.05) is 6.07 Å². The van der Waals surface area contributed by atoms with E-state index in [1.807, 2.05) is 31.4 Å². The molecule has 1 aliphatic rings. The first-order valence-corrected chi connectivity index (χ1v) is 10.9. The van der Waals surface area contributed by atoms with Gasteiger partial charge in [-0.05, 0) is 55.3 Å². The van der Waals surface area contributed by atoms with Gasteiger partial charge in [0, 0.05) is 11.1 Å². The van der Waals surface area contributed by atoms with Crippen molar-refractivity contribution in [2.24, 2.45) is 4.99 Å². The highest BCUT2D eigenvalue weighted by Crippen LogP contribution is 2.30. The number of ether oxygens (including phenoxy) is 1. The van der Waals surface area contributed by atoms with Gasteiger partial charge in [-0.25, -0.2) is 4.98 Å². The van der Waals surface area contributed by atoms with Gasteiger partial charge in [0.15, 0.2) is 10.9 Å². The van der Waals surface area contributed by atoms with Crippen molar-refractivity contribution in [1.82, 2.24) is 15.3 Å². The number of aliphatic imine (C=N–C) groups is 1. The molecular formula is C21H17N5O2S2. The van der Waals surface area contributed by atoms with Gasteiger partial charge in [0.2, 0.25) is 0 Å². The number of carbonyl (C=O) groups excluding carboxylic acids is 1. The van der Waals surface area contributed by atoms with E-state index in [9.17, 15) is 10.1 Å². The highest BCUT2D eigenvalue weighted by molar-refractivity contribution is 8.18. The summed E-state index contributed by atoms with van der Waals surface area (Å²) in [5, 5.41) is 14.7. The van der Waals surface area contributed by atoms with Crippen molar-refractivity contribution in [2.45, 2.75) is 26.5 Å². The zero-order valence-corrected chi connectivity index (χ0v) is 17.9. The third kappa shape index (κ3) is 4.35. The van der Waals surface area contributed by atoms with Crippen molar-refractivity contribution < 1.29 is 9.53 Å². The van der Waals surface area contributed by atoms with Crippen LogP contribution in [-0.2, 0) is 11.3 Å². The Kier molecular flexibility index (Phi) is 5.79. The molecule has 3 aromatic heterocycles. The van der Waals surface area contributed by atoms with E-state index in [1.165, 1.54) is 18.0 Å². The summed E-state index contributed by atoms with van der Waals surface area (Å²) in [7, 11) is 0. The molecule has 1 aliphatic heterocycles. The molecule has 0 saturated carbocycles. The number of nitrogens with zero attached hydrogens (tertiary/aromatic N) is 4. The number of aromatic nitrogens is 2. The summed E-state index contributed by atoms with van der Waals surface area (Å²) in [4.78, 5) is 27.3. The molecule has 0 spiro atoms. The molecule has 1 fully saturated rings. The van der Waals surface area contributed by atoms with Gasteiger partial charge in [-0.15, -0.1) is 11.3 Å². The van der Waals surface area contributed by atoms with Crippen LogP contribution < -0.4 is 10.1 Å². The summed E-state index contributed by atoms with van der Waals surface area (Å²) in [6, 6.07) is 9.66. The van der Waals surface area contributed by atoms with E-state index in [2.05, 4.69) is 26.3 Å². The molecule has 7 nitrogen and oxygen atoms in total. The summed E-state index contributed by atoms with van der Waals surface area (Å²) in [6.07, 6.45) is 3.06. The number of thioether (sulfide) groups is 1. The molecule has 1 amide bonds. The monoisotopic (exact) mass is 435 g/mol. The SMILES string of the molecule is CC(C)Oc1c(C#N)cnc2ccc(C=C3SC(=NCc4cccs4)NC3=O)nc12. The predicted molar refractivity (Wildman–Crippen MR) is 119 cm³/mol. The van der Waals surface area contributed by atoms with Crippen molar-refractivity contribution in [2.75, 3.05) is 0 Å². The van der Waals surface area contributed by atoms with Gasteiger partial charge in [0.25, 0.3) is 5.91 Å². The molecule has 0 aromatic carbocycles. The fraction of sp³-hybridized carbons (Fsp3) is 0.190. The van der Waals surface area contributed by atoms with Crippen molar-refractivity contribution in [1.29, 1.82) is 5.26 Å². The maximum atomic E-state index is 12.3. The minimum absolute atomic E-state index is 0.121. The Labute approximate surface area is 181 Å². The lowest BCUT2D eigenvalue weighted by Crippen LogP contribution is -2.19. The molecular weight excluding hydrogens is 418 g/mol. The minimum Gasteiger partial charge on any atom is -0.487 e. The summed E-state index contributed by atoms with van der Waals surface area (Å²) in [5.41, 5.74) is 2.01. The van der Waals surface area contributed by atoms with Gasteiger partial charge >= 0.3 is 0 Å². The molecule has 0 radical (unpaired) electrons. The number of hydrogen-bond acceptors (Lipinski definition) is 8. The lowest BCUT2D eigenvalue weighted by Gasteiger charge is -2.13. The Morgan fingerprint density at radius 2 is 2.23 bits per heavy atom. The number of pyridine rings is 2. The van der Waals surface area contributed by atoms with E-state index in [0.29, 0.717) is 44.7 Å². The zero-order valence-electron chi connectivity index (χ0n) is 16.2. The summed E-state index contributed by atoms with van der Waals surface area (Å²) < 4.78 is 5.83. The van der Waals surface area contributed by atoms with Crippen molar-refractivity contribution >= 4 is 51.3 Å². The molecule has 0 aliphatic carbocycles. The summed E-state index contributed by atoms with van der Waals surface area (Å²) in [6.45, 7) is 4.30. The number of amides is 1. The third-order valence-electron chi connectivity index (χ3n) is 4.05. The fourth-order valence-electron chi connectivity index (χ4n) is 2.76. The van der Waals surface area contributed by atoms with Crippen molar-refractivity contribution in [3.8, 4) is 11.8 Å². The van der Waals surface area contributed by atoms with Crippen LogP contribution in [-0.4, -0.2) is 27.1 Å². The Hall–Kier alpha value is -3.22. The van der Waals surface area contributed by atoms with Crippen molar-refractivity contribution in [3.05, 3.63) is 56.9 Å². The lowest BCUT2D eigenvalue weighted by molar-refractivity contribution is -0.115. The van der Waals surface area contributed by atoms with Gasteiger partial charge in [0.1, 0.15) is 17.1 Å². The molecule has 4 heterocycles. The number of nitrogens with one attached hydrogen (secondary N) is 1. The number of rotatable bonds is 5. The predicted octanol–water partition coefficient (Wildman–Crippen LogP) is 4.11. The summed E-state index contributed by atoms with van der Waals surface area (Å²) >= 11 is 2.90. The first-order chi connectivity index (χ1) is 14.5. The van der Waals surface area contributed by atoms with E-state index in [-0.39, 0.29) is 12.0 Å². The smallest absolute Gasteiger partial charge is 0.264 e. The number of amidine groups is 1. The Morgan fingerprint density at radius 3 is 2.97 bits per heavy atom. The molecule has 0 atom stereocenters. The largest absolute Gasteiger partial charge is 0.487 e. The molecule has 4 rings (SSSR count). The van der Waals surface area contributed by atoms with Crippen LogP contribution in [0.3, 0.4) is 0 Å². The van der Waals surface area contributed by atoms with Crippen LogP contribution in [0.4, 0.5) is 0 Å². The first kappa shape index (κ1) is 20.1. The topological polar surface area (TPSA) is 100 Å².